The molecule has 2 N–H and O–H groups in total. The molecule has 1 heterocycles. The molecule has 18 heavy (non-hydrogen) atoms. The van der Waals surface area contributed by atoms with Crippen LogP contribution >= 0.6 is 0 Å². The van der Waals surface area contributed by atoms with Crippen LogP contribution in [0, 0.1) is 5.92 Å². The zero-order chi connectivity index (χ0) is 13.4. The number of aromatic nitrogens is 2. The minimum atomic E-state index is 0.387. The van der Waals surface area contributed by atoms with Crippen molar-refractivity contribution in [2.45, 2.75) is 65.2 Å². The SMILES string of the molecule is CCCC(CCN)CCc1nc(C(C)CC)no1. The van der Waals surface area contributed by atoms with Gasteiger partial charge in [-0.2, -0.15) is 4.98 Å². The lowest BCUT2D eigenvalue weighted by Crippen LogP contribution is -2.09. The maximum absolute atomic E-state index is 5.64. The van der Waals surface area contributed by atoms with Crippen LogP contribution in [0.25, 0.3) is 0 Å². The van der Waals surface area contributed by atoms with Crippen LogP contribution in [0.15, 0.2) is 4.52 Å². The summed E-state index contributed by atoms with van der Waals surface area (Å²) in [6.45, 7) is 7.26. The number of hydrogen-bond donors (Lipinski definition) is 1. The Balaban J connectivity index is 2.44. The van der Waals surface area contributed by atoms with Gasteiger partial charge in [-0.05, 0) is 31.7 Å². The average Bonchev–Trinajstić information content (AvgIpc) is 2.84. The van der Waals surface area contributed by atoms with E-state index in [1.807, 2.05) is 0 Å². The van der Waals surface area contributed by atoms with E-state index >= 15 is 0 Å². The largest absolute Gasteiger partial charge is 0.339 e. The van der Waals surface area contributed by atoms with Crippen LogP contribution < -0.4 is 5.73 Å². The molecule has 1 aromatic heterocycles. The van der Waals surface area contributed by atoms with Gasteiger partial charge in [-0.25, -0.2) is 0 Å². The first-order valence-electron chi connectivity index (χ1n) is 7.23. The van der Waals surface area contributed by atoms with Crippen molar-refractivity contribution in [1.82, 2.24) is 10.1 Å². The Kier molecular flexibility index (Phi) is 6.94. The highest BCUT2D eigenvalue weighted by atomic mass is 16.5. The number of nitrogens with two attached hydrogens (primary N) is 1. The molecular formula is C14H27N3O. The second-order valence-electron chi connectivity index (χ2n) is 5.13. The van der Waals surface area contributed by atoms with Gasteiger partial charge >= 0.3 is 0 Å². The summed E-state index contributed by atoms with van der Waals surface area (Å²) >= 11 is 0. The third kappa shape index (κ3) is 4.77. The summed E-state index contributed by atoms with van der Waals surface area (Å²) in [5, 5.41) is 4.05. The quantitative estimate of drug-likeness (QED) is 0.733. The van der Waals surface area contributed by atoms with Gasteiger partial charge in [0.25, 0.3) is 0 Å². The molecule has 0 bridgehead atoms. The van der Waals surface area contributed by atoms with Gasteiger partial charge in [0.1, 0.15) is 0 Å². The average molecular weight is 253 g/mol. The first-order valence-corrected chi connectivity index (χ1v) is 7.23. The Labute approximate surface area is 110 Å². The second kappa shape index (κ2) is 8.25. The standard InChI is InChI=1S/C14H27N3O/c1-4-6-12(9-10-15)7-8-13-16-14(17-18-13)11(3)5-2/h11-12H,4-10,15H2,1-3H3. The van der Waals surface area contributed by atoms with Crippen molar-refractivity contribution >= 4 is 0 Å². The van der Waals surface area contributed by atoms with Crippen LogP contribution in [0.2, 0.25) is 0 Å². The van der Waals surface area contributed by atoms with E-state index in [1.165, 1.54) is 12.8 Å². The lowest BCUT2D eigenvalue weighted by atomic mass is 9.94. The summed E-state index contributed by atoms with van der Waals surface area (Å²) in [6.07, 6.45) is 6.59. The molecule has 0 radical (unpaired) electrons. The van der Waals surface area contributed by atoms with Crippen molar-refractivity contribution < 1.29 is 4.52 Å². The monoisotopic (exact) mass is 253 g/mol. The molecule has 104 valence electrons. The Morgan fingerprint density at radius 2 is 2.00 bits per heavy atom. The molecule has 0 amide bonds. The number of rotatable bonds is 9. The Hall–Kier alpha value is -0.900. The van der Waals surface area contributed by atoms with Crippen LogP contribution in [-0.2, 0) is 6.42 Å². The molecule has 0 saturated heterocycles. The van der Waals surface area contributed by atoms with Gasteiger partial charge in [0.15, 0.2) is 5.82 Å². The molecule has 4 heteroatoms. The fourth-order valence-electron chi connectivity index (χ4n) is 2.16. The van der Waals surface area contributed by atoms with E-state index in [2.05, 4.69) is 30.9 Å². The third-order valence-corrected chi connectivity index (χ3v) is 3.58. The highest BCUT2D eigenvalue weighted by Gasteiger charge is 2.14. The van der Waals surface area contributed by atoms with Crippen molar-refractivity contribution in [2.24, 2.45) is 11.7 Å². The highest BCUT2D eigenvalue weighted by molar-refractivity contribution is 4.93. The van der Waals surface area contributed by atoms with Crippen molar-refractivity contribution in [2.75, 3.05) is 6.54 Å². The van der Waals surface area contributed by atoms with Crippen molar-refractivity contribution in [3.63, 3.8) is 0 Å². The van der Waals surface area contributed by atoms with Gasteiger partial charge in [0, 0.05) is 12.3 Å². The molecule has 2 unspecified atom stereocenters. The number of aryl methyl sites for hydroxylation is 1. The van der Waals surface area contributed by atoms with E-state index in [4.69, 9.17) is 10.3 Å². The summed E-state index contributed by atoms with van der Waals surface area (Å²) in [6, 6.07) is 0. The molecule has 0 spiro atoms. The van der Waals surface area contributed by atoms with Gasteiger partial charge in [0.2, 0.25) is 5.89 Å². The molecule has 4 nitrogen and oxygen atoms in total. The molecule has 0 fully saturated rings. The molecule has 1 aromatic rings. The van der Waals surface area contributed by atoms with Crippen LogP contribution in [0.1, 0.15) is 70.5 Å². The van der Waals surface area contributed by atoms with Gasteiger partial charge in [-0.15, -0.1) is 0 Å². The second-order valence-corrected chi connectivity index (χ2v) is 5.13. The first-order chi connectivity index (χ1) is 8.71. The van der Waals surface area contributed by atoms with Gasteiger partial charge < -0.3 is 10.3 Å². The van der Waals surface area contributed by atoms with Gasteiger partial charge in [0.05, 0.1) is 0 Å². The van der Waals surface area contributed by atoms with E-state index in [0.29, 0.717) is 11.8 Å². The fourth-order valence-corrected chi connectivity index (χ4v) is 2.16. The summed E-state index contributed by atoms with van der Waals surface area (Å²) in [7, 11) is 0. The van der Waals surface area contributed by atoms with Crippen molar-refractivity contribution in [3.8, 4) is 0 Å². The smallest absolute Gasteiger partial charge is 0.226 e. The predicted molar refractivity (Wildman–Crippen MR) is 73.4 cm³/mol. The lowest BCUT2D eigenvalue weighted by Gasteiger charge is -2.13. The van der Waals surface area contributed by atoms with Gasteiger partial charge in [-0.1, -0.05) is 38.8 Å². The summed E-state index contributed by atoms with van der Waals surface area (Å²) in [4.78, 5) is 4.46. The maximum atomic E-state index is 5.64. The molecule has 0 saturated carbocycles. The lowest BCUT2D eigenvalue weighted by molar-refractivity contribution is 0.345. The Morgan fingerprint density at radius 3 is 2.61 bits per heavy atom. The highest BCUT2D eigenvalue weighted by Crippen LogP contribution is 2.19. The molecule has 2 atom stereocenters. The van der Waals surface area contributed by atoms with Crippen molar-refractivity contribution in [3.05, 3.63) is 11.7 Å². The summed E-state index contributed by atoms with van der Waals surface area (Å²) in [5.74, 6) is 2.71. The normalized spacial score (nSPS) is 14.7. The number of nitrogens with zero attached hydrogens (tertiary/aromatic N) is 2. The summed E-state index contributed by atoms with van der Waals surface area (Å²) in [5.41, 5.74) is 5.64. The molecule has 0 aliphatic carbocycles. The number of hydrogen-bond acceptors (Lipinski definition) is 4. The van der Waals surface area contributed by atoms with E-state index in [9.17, 15) is 0 Å². The van der Waals surface area contributed by atoms with Gasteiger partial charge in [-0.3, -0.25) is 0 Å². The maximum Gasteiger partial charge on any atom is 0.226 e. The fraction of sp³-hybridized carbons (Fsp3) is 0.857. The third-order valence-electron chi connectivity index (χ3n) is 3.58. The minimum Gasteiger partial charge on any atom is -0.339 e. The van der Waals surface area contributed by atoms with E-state index in [1.54, 1.807) is 0 Å². The van der Waals surface area contributed by atoms with Crippen LogP contribution in [0.4, 0.5) is 0 Å². The summed E-state index contributed by atoms with van der Waals surface area (Å²) < 4.78 is 5.30. The Bertz CT molecular complexity index is 319. The molecular weight excluding hydrogens is 226 g/mol. The molecule has 0 aliphatic rings. The van der Waals surface area contributed by atoms with E-state index in [0.717, 1.165) is 43.9 Å². The minimum absolute atomic E-state index is 0.387. The Morgan fingerprint density at radius 1 is 1.22 bits per heavy atom. The zero-order valence-electron chi connectivity index (χ0n) is 12.0. The molecule has 0 aromatic carbocycles. The van der Waals surface area contributed by atoms with E-state index in [-0.39, 0.29) is 0 Å². The zero-order valence-corrected chi connectivity index (χ0v) is 12.0. The van der Waals surface area contributed by atoms with Crippen molar-refractivity contribution in [1.29, 1.82) is 0 Å². The molecule has 1 rings (SSSR count). The first kappa shape index (κ1) is 15.2. The van der Waals surface area contributed by atoms with Crippen LogP contribution in [0.3, 0.4) is 0 Å². The predicted octanol–water partition coefficient (Wildman–Crippen LogP) is 3.28. The van der Waals surface area contributed by atoms with E-state index < -0.39 is 0 Å². The van der Waals surface area contributed by atoms with Crippen LogP contribution in [0.5, 0.6) is 0 Å². The molecule has 0 aliphatic heterocycles. The van der Waals surface area contributed by atoms with Crippen LogP contribution in [-0.4, -0.2) is 16.7 Å². The topological polar surface area (TPSA) is 64.9 Å².